The summed E-state index contributed by atoms with van der Waals surface area (Å²) >= 11 is 0. The molecular formula is C24H28N4O5S. The molecule has 1 fully saturated rings. The largest absolute Gasteiger partial charge is 0.343 e. The lowest BCUT2D eigenvalue weighted by molar-refractivity contribution is -0.130. The summed E-state index contributed by atoms with van der Waals surface area (Å²) in [7, 11) is -2.38. The molecule has 0 bridgehead atoms. The molecule has 2 aromatic carbocycles. The number of carbonyl (C=O) groups excluding carboxylic acids is 1. The van der Waals surface area contributed by atoms with Crippen molar-refractivity contribution in [1.82, 2.24) is 18.8 Å². The van der Waals surface area contributed by atoms with Gasteiger partial charge in [-0.05, 0) is 43.5 Å². The van der Waals surface area contributed by atoms with Gasteiger partial charge in [0, 0.05) is 39.6 Å². The van der Waals surface area contributed by atoms with Gasteiger partial charge in [0.2, 0.25) is 15.9 Å². The van der Waals surface area contributed by atoms with Gasteiger partial charge in [0.25, 0.3) is 5.56 Å². The van der Waals surface area contributed by atoms with Crippen LogP contribution in [0.2, 0.25) is 0 Å². The maximum absolute atomic E-state index is 13.1. The highest BCUT2D eigenvalue weighted by Crippen LogP contribution is 2.16. The molecular weight excluding hydrogens is 456 g/mol. The second-order valence-corrected chi connectivity index (χ2v) is 10.4. The highest BCUT2D eigenvalue weighted by atomic mass is 32.2. The zero-order chi connectivity index (χ0) is 24.5. The summed E-state index contributed by atoms with van der Waals surface area (Å²) in [5.41, 5.74) is 1.06. The van der Waals surface area contributed by atoms with Gasteiger partial charge in [-0.1, -0.05) is 29.8 Å². The number of nitrogens with zero attached hydrogens (tertiary/aromatic N) is 3. The van der Waals surface area contributed by atoms with E-state index in [2.05, 4.69) is 4.72 Å². The number of nitrogens with one attached hydrogen (secondary N) is 1. The van der Waals surface area contributed by atoms with Crippen molar-refractivity contribution in [2.45, 2.75) is 44.2 Å². The molecule has 1 N–H and O–H groups in total. The first-order chi connectivity index (χ1) is 16.2. The molecule has 180 valence electrons. The van der Waals surface area contributed by atoms with Crippen molar-refractivity contribution in [2.24, 2.45) is 7.05 Å². The fraction of sp³-hybridized carbons (Fsp3) is 0.375. The van der Waals surface area contributed by atoms with Crippen LogP contribution in [0.1, 0.15) is 30.4 Å². The number of aryl methyl sites for hydroxylation is 2. The Morgan fingerprint density at radius 3 is 2.38 bits per heavy atom. The van der Waals surface area contributed by atoms with Crippen LogP contribution in [-0.4, -0.2) is 41.4 Å². The summed E-state index contributed by atoms with van der Waals surface area (Å²) in [4.78, 5) is 40.0. The van der Waals surface area contributed by atoms with Gasteiger partial charge in [-0.25, -0.2) is 17.9 Å². The number of hydrogen-bond acceptors (Lipinski definition) is 5. The Morgan fingerprint density at radius 2 is 1.71 bits per heavy atom. The van der Waals surface area contributed by atoms with Gasteiger partial charge in [0.1, 0.15) is 0 Å². The Balaban J connectivity index is 1.62. The van der Waals surface area contributed by atoms with E-state index in [4.69, 9.17) is 0 Å². The van der Waals surface area contributed by atoms with Gasteiger partial charge in [-0.2, -0.15) is 0 Å². The number of sulfonamides is 1. The molecule has 34 heavy (non-hydrogen) atoms. The molecule has 0 aliphatic carbocycles. The van der Waals surface area contributed by atoms with E-state index < -0.39 is 21.3 Å². The normalized spacial score (nSPS) is 14.1. The topological polar surface area (TPSA) is 110 Å². The minimum Gasteiger partial charge on any atom is -0.343 e. The third-order valence-electron chi connectivity index (χ3n) is 6.23. The Hall–Kier alpha value is -3.24. The number of carbonyl (C=O) groups is 1. The van der Waals surface area contributed by atoms with E-state index in [1.54, 1.807) is 4.90 Å². The third kappa shape index (κ3) is 4.83. The van der Waals surface area contributed by atoms with Crippen molar-refractivity contribution >= 4 is 26.8 Å². The van der Waals surface area contributed by atoms with Gasteiger partial charge >= 0.3 is 5.69 Å². The van der Waals surface area contributed by atoms with Gasteiger partial charge in [-0.15, -0.1) is 0 Å². The molecule has 1 aliphatic rings. The molecule has 0 saturated carbocycles. The molecule has 3 aromatic rings. The minimum absolute atomic E-state index is 0.0384. The van der Waals surface area contributed by atoms with Crippen molar-refractivity contribution in [2.75, 3.05) is 13.1 Å². The molecule has 1 saturated heterocycles. The summed E-state index contributed by atoms with van der Waals surface area (Å²) in [6.45, 7) is 3.39. The summed E-state index contributed by atoms with van der Waals surface area (Å²) in [6, 6.07) is 11.6. The molecule has 1 aromatic heterocycles. The Kier molecular flexibility index (Phi) is 6.72. The number of fused-ring (bicyclic) bond motifs is 1. The van der Waals surface area contributed by atoms with E-state index in [-0.39, 0.29) is 35.7 Å². The van der Waals surface area contributed by atoms with Crippen LogP contribution in [0.4, 0.5) is 0 Å². The van der Waals surface area contributed by atoms with E-state index in [0.29, 0.717) is 18.6 Å². The third-order valence-corrected chi connectivity index (χ3v) is 7.63. The SMILES string of the molecule is Cc1ccc(CNS(=O)(=O)c2ccc3c(c2)c(=O)n(CCC(=O)N2CCCC2)c(=O)n3C)cc1. The van der Waals surface area contributed by atoms with E-state index >= 15 is 0 Å². The fourth-order valence-electron chi connectivity index (χ4n) is 4.16. The van der Waals surface area contributed by atoms with Gasteiger partial charge in [-0.3, -0.25) is 18.7 Å². The monoisotopic (exact) mass is 484 g/mol. The first-order valence-corrected chi connectivity index (χ1v) is 12.7. The quantitative estimate of drug-likeness (QED) is 0.547. The Bertz CT molecular complexity index is 1450. The van der Waals surface area contributed by atoms with Gasteiger partial charge in [0.05, 0.1) is 15.8 Å². The second-order valence-electron chi connectivity index (χ2n) is 8.63. The van der Waals surface area contributed by atoms with Crippen molar-refractivity contribution < 1.29 is 13.2 Å². The summed E-state index contributed by atoms with van der Waals surface area (Å²) < 4.78 is 30.6. The summed E-state index contributed by atoms with van der Waals surface area (Å²) in [5.74, 6) is -0.0943. The number of rotatable bonds is 7. The fourth-order valence-corrected chi connectivity index (χ4v) is 5.20. The smallest absolute Gasteiger partial charge is 0.331 e. The number of hydrogen-bond donors (Lipinski definition) is 1. The Morgan fingerprint density at radius 1 is 1.03 bits per heavy atom. The average Bonchev–Trinajstić information content (AvgIpc) is 3.37. The van der Waals surface area contributed by atoms with Crippen molar-refractivity contribution in [3.05, 3.63) is 74.4 Å². The molecule has 1 aliphatic heterocycles. The van der Waals surface area contributed by atoms with Crippen LogP contribution in [-0.2, 0) is 35.0 Å². The van der Waals surface area contributed by atoms with Crippen LogP contribution >= 0.6 is 0 Å². The Labute approximate surface area is 197 Å². The van der Waals surface area contributed by atoms with Crippen LogP contribution in [0.25, 0.3) is 10.9 Å². The lowest BCUT2D eigenvalue weighted by Gasteiger charge is -2.16. The average molecular weight is 485 g/mol. The number of benzene rings is 2. The molecule has 4 rings (SSSR count). The van der Waals surface area contributed by atoms with Gasteiger partial charge < -0.3 is 4.90 Å². The first-order valence-electron chi connectivity index (χ1n) is 11.2. The van der Waals surface area contributed by atoms with E-state index in [0.717, 1.165) is 28.5 Å². The molecule has 2 heterocycles. The molecule has 0 spiro atoms. The zero-order valence-corrected chi connectivity index (χ0v) is 20.1. The molecule has 0 unspecified atom stereocenters. The maximum Gasteiger partial charge on any atom is 0.331 e. The lowest BCUT2D eigenvalue weighted by atomic mass is 10.2. The number of amides is 1. The zero-order valence-electron chi connectivity index (χ0n) is 19.3. The predicted octanol–water partition coefficient (Wildman–Crippen LogP) is 1.50. The highest BCUT2D eigenvalue weighted by Gasteiger charge is 2.20. The molecule has 0 atom stereocenters. The standard InChI is InChI=1S/C24H28N4O5S/c1-17-5-7-18(8-6-17)16-25-34(32,33)19-9-10-21-20(15-19)23(30)28(24(31)26(21)2)14-11-22(29)27-12-3-4-13-27/h5-10,15,25H,3-4,11-14,16H2,1-2H3. The van der Waals surface area contributed by atoms with Crippen LogP contribution in [0.15, 0.2) is 56.9 Å². The van der Waals surface area contributed by atoms with Gasteiger partial charge in [0.15, 0.2) is 0 Å². The van der Waals surface area contributed by atoms with Crippen molar-refractivity contribution in [3.63, 3.8) is 0 Å². The van der Waals surface area contributed by atoms with Crippen LogP contribution in [0.5, 0.6) is 0 Å². The molecule has 1 amide bonds. The highest BCUT2D eigenvalue weighted by molar-refractivity contribution is 7.89. The van der Waals surface area contributed by atoms with Crippen LogP contribution in [0, 0.1) is 6.92 Å². The molecule has 9 nitrogen and oxygen atoms in total. The van der Waals surface area contributed by atoms with E-state index in [1.807, 2.05) is 31.2 Å². The molecule has 10 heteroatoms. The number of likely N-dealkylation sites (tertiary alicyclic amines) is 1. The lowest BCUT2D eigenvalue weighted by Crippen LogP contribution is -2.40. The second kappa shape index (κ2) is 9.55. The summed E-state index contributed by atoms with van der Waals surface area (Å²) in [5, 5.41) is 0.105. The minimum atomic E-state index is -3.90. The van der Waals surface area contributed by atoms with Crippen LogP contribution in [0.3, 0.4) is 0 Å². The van der Waals surface area contributed by atoms with Crippen molar-refractivity contribution in [3.8, 4) is 0 Å². The summed E-state index contributed by atoms with van der Waals surface area (Å²) in [6.07, 6.45) is 1.95. The first kappa shape index (κ1) is 23.9. The predicted molar refractivity (Wildman–Crippen MR) is 129 cm³/mol. The number of aromatic nitrogens is 2. The molecule has 0 radical (unpaired) electrons. The van der Waals surface area contributed by atoms with Crippen LogP contribution < -0.4 is 16.0 Å². The van der Waals surface area contributed by atoms with Crippen molar-refractivity contribution in [1.29, 1.82) is 0 Å². The van der Waals surface area contributed by atoms with E-state index in [1.165, 1.54) is 29.8 Å². The van der Waals surface area contributed by atoms with E-state index in [9.17, 15) is 22.8 Å². The maximum atomic E-state index is 13.1.